The van der Waals surface area contributed by atoms with Crippen LogP contribution in [0.2, 0.25) is 0 Å². The molecule has 1 saturated carbocycles. The predicted octanol–water partition coefficient (Wildman–Crippen LogP) is 2.57. The van der Waals surface area contributed by atoms with E-state index in [0.717, 1.165) is 32.2 Å². The van der Waals surface area contributed by atoms with Gasteiger partial charge in [-0.3, -0.25) is 9.59 Å². The molecule has 0 aliphatic heterocycles. The average molecular weight is 276 g/mol. The molecule has 0 spiro atoms. The van der Waals surface area contributed by atoms with Crippen molar-refractivity contribution in [3.05, 3.63) is 34.2 Å². The summed E-state index contributed by atoms with van der Waals surface area (Å²) in [5.41, 5.74) is 0.397. The number of unbranched alkanes of at least 4 members (excludes halogenated alkanes) is 1. The molecule has 20 heavy (non-hydrogen) atoms. The van der Waals surface area contributed by atoms with Gasteiger partial charge in [0.2, 0.25) is 0 Å². The Balaban J connectivity index is 2.19. The lowest BCUT2D eigenvalue weighted by Gasteiger charge is -2.29. The number of amides is 1. The number of aryl methyl sites for hydroxylation is 1. The molecular formula is C16H24N2O2. The highest BCUT2D eigenvalue weighted by atomic mass is 16.2. The first-order chi connectivity index (χ1) is 9.63. The molecular weight excluding hydrogens is 252 g/mol. The van der Waals surface area contributed by atoms with Gasteiger partial charge in [-0.1, -0.05) is 26.2 Å². The second-order valence-corrected chi connectivity index (χ2v) is 5.65. The maximum atomic E-state index is 12.7. The quantitative estimate of drug-likeness (QED) is 0.829. The summed E-state index contributed by atoms with van der Waals surface area (Å²) in [6.07, 6.45) is 8.37. The first kappa shape index (κ1) is 14.8. The van der Waals surface area contributed by atoms with Crippen LogP contribution in [0, 0.1) is 0 Å². The first-order valence-corrected chi connectivity index (χ1v) is 7.61. The summed E-state index contributed by atoms with van der Waals surface area (Å²) in [6.45, 7) is 2.94. The van der Waals surface area contributed by atoms with E-state index in [4.69, 9.17) is 0 Å². The van der Waals surface area contributed by atoms with Gasteiger partial charge in [-0.2, -0.15) is 0 Å². The number of pyridine rings is 1. The maximum Gasteiger partial charge on any atom is 0.254 e. The zero-order chi connectivity index (χ0) is 14.5. The Hall–Kier alpha value is -1.58. The molecule has 1 aliphatic rings. The molecule has 0 aromatic carbocycles. The number of rotatable bonds is 5. The Morgan fingerprint density at radius 3 is 2.70 bits per heavy atom. The normalized spacial score (nSPS) is 15.5. The summed E-state index contributed by atoms with van der Waals surface area (Å²) >= 11 is 0. The van der Waals surface area contributed by atoms with Crippen LogP contribution in [0.3, 0.4) is 0 Å². The minimum atomic E-state index is -0.127. The fraction of sp³-hybridized carbons (Fsp3) is 0.625. The Labute approximate surface area is 120 Å². The van der Waals surface area contributed by atoms with Crippen LogP contribution in [-0.4, -0.2) is 28.0 Å². The first-order valence-electron chi connectivity index (χ1n) is 7.61. The van der Waals surface area contributed by atoms with Crippen LogP contribution in [0.15, 0.2) is 23.1 Å². The van der Waals surface area contributed by atoms with E-state index < -0.39 is 0 Å². The van der Waals surface area contributed by atoms with E-state index >= 15 is 0 Å². The monoisotopic (exact) mass is 276 g/mol. The second kappa shape index (κ2) is 6.73. The average Bonchev–Trinajstić information content (AvgIpc) is 2.96. The Kier molecular flexibility index (Phi) is 4.99. The molecule has 0 N–H and O–H groups in total. The predicted molar refractivity (Wildman–Crippen MR) is 79.9 cm³/mol. The topological polar surface area (TPSA) is 42.3 Å². The molecule has 0 bridgehead atoms. The minimum absolute atomic E-state index is 0.0167. The molecule has 0 saturated heterocycles. The fourth-order valence-corrected chi connectivity index (χ4v) is 2.84. The SMILES string of the molecule is CCCCN(C(=O)c1ccn(C)c(=O)c1)C1CCCC1. The number of hydrogen-bond donors (Lipinski definition) is 0. The number of carbonyl (C=O) groups excluding carboxylic acids is 1. The molecule has 4 heteroatoms. The van der Waals surface area contributed by atoms with Crippen LogP contribution in [0.4, 0.5) is 0 Å². The van der Waals surface area contributed by atoms with Crippen molar-refractivity contribution in [3.63, 3.8) is 0 Å². The van der Waals surface area contributed by atoms with Crippen molar-refractivity contribution in [2.24, 2.45) is 7.05 Å². The van der Waals surface area contributed by atoms with Crippen molar-refractivity contribution in [2.45, 2.75) is 51.5 Å². The molecule has 0 atom stereocenters. The zero-order valence-corrected chi connectivity index (χ0v) is 12.5. The summed E-state index contributed by atoms with van der Waals surface area (Å²) in [6, 6.07) is 3.56. The van der Waals surface area contributed by atoms with Gasteiger partial charge in [-0.15, -0.1) is 0 Å². The summed E-state index contributed by atoms with van der Waals surface area (Å²) < 4.78 is 1.49. The standard InChI is InChI=1S/C16H24N2O2/c1-3-4-10-18(14-7-5-6-8-14)16(20)13-9-11-17(2)15(19)12-13/h9,11-12,14H,3-8,10H2,1-2H3. The lowest BCUT2D eigenvalue weighted by atomic mass is 10.1. The van der Waals surface area contributed by atoms with Crippen LogP contribution in [0.5, 0.6) is 0 Å². The number of hydrogen-bond acceptors (Lipinski definition) is 2. The van der Waals surface area contributed by atoms with E-state index in [1.54, 1.807) is 19.3 Å². The Bertz CT molecular complexity index is 515. The lowest BCUT2D eigenvalue weighted by Crippen LogP contribution is -2.40. The third-order valence-electron chi connectivity index (χ3n) is 4.13. The lowest BCUT2D eigenvalue weighted by molar-refractivity contribution is 0.0678. The minimum Gasteiger partial charge on any atom is -0.336 e. The molecule has 1 fully saturated rings. The smallest absolute Gasteiger partial charge is 0.254 e. The van der Waals surface area contributed by atoms with Gasteiger partial charge in [0.15, 0.2) is 0 Å². The zero-order valence-electron chi connectivity index (χ0n) is 12.5. The van der Waals surface area contributed by atoms with E-state index in [1.807, 2.05) is 4.90 Å². The van der Waals surface area contributed by atoms with Gasteiger partial charge >= 0.3 is 0 Å². The highest BCUT2D eigenvalue weighted by Crippen LogP contribution is 2.25. The summed E-state index contributed by atoms with van der Waals surface area (Å²) in [4.78, 5) is 26.4. The maximum absolute atomic E-state index is 12.7. The number of carbonyl (C=O) groups is 1. The molecule has 1 heterocycles. The van der Waals surface area contributed by atoms with Gasteiger partial charge in [-0.05, 0) is 25.3 Å². The van der Waals surface area contributed by atoms with Crippen LogP contribution in [0.25, 0.3) is 0 Å². The van der Waals surface area contributed by atoms with Crippen molar-refractivity contribution in [3.8, 4) is 0 Å². The van der Waals surface area contributed by atoms with E-state index in [0.29, 0.717) is 11.6 Å². The van der Waals surface area contributed by atoms with Crippen LogP contribution >= 0.6 is 0 Å². The molecule has 110 valence electrons. The van der Waals surface area contributed by atoms with E-state index in [1.165, 1.54) is 23.5 Å². The Morgan fingerprint density at radius 2 is 2.10 bits per heavy atom. The van der Waals surface area contributed by atoms with Gasteiger partial charge < -0.3 is 9.47 Å². The third kappa shape index (κ3) is 3.30. The molecule has 1 aromatic heterocycles. The second-order valence-electron chi connectivity index (χ2n) is 5.65. The van der Waals surface area contributed by atoms with Gasteiger partial charge in [-0.25, -0.2) is 0 Å². The van der Waals surface area contributed by atoms with Gasteiger partial charge in [0.25, 0.3) is 11.5 Å². The van der Waals surface area contributed by atoms with Gasteiger partial charge in [0.1, 0.15) is 0 Å². The van der Waals surface area contributed by atoms with Crippen molar-refractivity contribution >= 4 is 5.91 Å². The van der Waals surface area contributed by atoms with Crippen LogP contribution < -0.4 is 5.56 Å². The Morgan fingerprint density at radius 1 is 1.40 bits per heavy atom. The molecule has 1 aliphatic carbocycles. The van der Waals surface area contributed by atoms with E-state index in [2.05, 4.69) is 6.92 Å². The van der Waals surface area contributed by atoms with Crippen LogP contribution in [0.1, 0.15) is 55.8 Å². The van der Waals surface area contributed by atoms with Crippen molar-refractivity contribution < 1.29 is 4.79 Å². The summed E-state index contributed by atoms with van der Waals surface area (Å²) in [7, 11) is 1.70. The van der Waals surface area contributed by atoms with Crippen molar-refractivity contribution in [2.75, 3.05) is 6.54 Å². The van der Waals surface area contributed by atoms with Gasteiger partial charge in [0, 0.05) is 37.5 Å². The molecule has 1 amide bonds. The largest absolute Gasteiger partial charge is 0.336 e. The number of aromatic nitrogens is 1. The molecule has 0 unspecified atom stereocenters. The van der Waals surface area contributed by atoms with E-state index in [-0.39, 0.29) is 11.5 Å². The molecule has 4 nitrogen and oxygen atoms in total. The fourth-order valence-electron chi connectivity index (χ4n) is 2.84. The molecule has 2 rings (SSSR count). The summed E-state index contributed by atoms with van der Waals surface area (Å²) in [5.74, 6) is 0.0167. The van der Waals surface area contributed by atoms with Gasteiger partial charge in [0.05, 0.1) is 0 Å². The molecule has 0 radical (unpaired) electrons. The highest BCUT2D eigenvalue weighted by molar-refractivity contribution is 5.94. The van der Waals surface area contributed by atoms with E-state index in [9.17, 15) is 9.59 Å². The third-order valence-corrected chi connectivity index (χ3v) is 4.13. The number of nitrogens with zero attached hydrogens (tertiary/aromatic N) is 2. The van der Waals surface area contributed by atoms with Crippen molar-refractivity contribution in [1.82, 2.24) is 9.47 Å². The van der Waals surface area contributed by atoms with Crippen LogP contribution in [-0.2, 0) is 7.05 Å². The highest BCUT2D eigenvalue weighted by Gasteiger charge is 2.27. The molecule has 1 aromatic rings. The van der Waals surface area contributed by atoms with Crippen molar-refractivity contribution in [1.29, 1.82) is 0 Å². The summed E-state index contributed by atoms with van der Waals surface area (Å²) in [5, 5.41) is 0.